The second kappa shape index (κ2) is 7.45. The van der Waals surface area contributed by atoms with Crippen LogP contribution in [0.1, 0.15) is 17.8 Å². The molecule has 0 fully saturated rings. The zero-order valence-corrected chi connectivity index (χ0v) is 14.8. The van der Waals surface area contributed by atoms with Crippen molar-refractivity contribution in [2.45, 2.75) is 19.3 Å². The van der Waals surface area contributed by atoms with Crippen molar-refractivity contribution in [2.24, 2.45) is 0 Å². The van der Waals surface area contributed by atoms with Gasteiger partial charge in [0.25, 0.3) is 0 Å². The molecule has 0 unspecified atom stereocenters. The van der Waals surface area contributed by atoms with Gasteiger partial charge >= 0.3 is 0 Å². The van der Waals surface area contributed by atoms with Crippen molar-refractivity contribution in [1.82, 2.24) is 4.98 Å². The molecule has 0 saturated carbocycles. The molecule has 4 nitrogen and oxygen atoms in total. The maximum atomic E-state index is 12.1. The number of aryl methyl sites for hydroxylation is 1. The van der Waals surface area contributed by atoms with E-state index in [0.29, 0.717) is 6.42 Å². The van der Waals surface area contributed by atoms with Gasteiger partial charge < -0.3 is 10.2 Å². The van der Waals surface area contributed by atoms with E-state index in [2.05, 4.69) is 16.4 Å². The summed E-state index contributed by atoms with van der Waals surface area (Å²) in [5.74, 6) is 0.0497. The number of carbonyl (C=O) groups is 1. The third-order valence-electron chi connectivity index (χ3n) is 3.80. The predicted molar refractivity (Wildman–Crippen MR) is 102 cm³/mol. The van der Waals surface area contributed by atoms with Gasteiger partial charge in [-0.05, 0) is 49.2 Å². The Morgan fingerprint density at radius 3 is 2.58 bits per heavy atom. The number of nitrogens with one attached hydrogen (secondary N) is 1. The third kappa shape index (κ3) is 4.11. The van der Waals surface area contributed by atoms with Gasteiger partial charge in [-0.2, -0.15) is 0 Å². The first-order chi connectivity index (χ1) is 11.6. The predicted octanol–water partition coefficient (Wildman–Crippen LogP) is 4.32. The van der Waals surface area contributed by atoms with Gasteiger partial charge in [0.15, 0.2) is 0 Å². The van der Waals surface area contributed by atoms with E-state index in [1.807, 2.05) is 61.5 Å². The SMILES string of the molecule is CN(C)c1ccc(NC(=O)CCCc2nc3ccccc3s2)cc1. The number of rotatable bonds is 6. The van der Waals surface area contributed by atoms with Crippen LogP contribution in [0, 0.1) is 0 Å². The lowest BCUT2D eigenvalue weighted by Gasteiger charge is -2.13. The van der Waals surface area contributed by atoms with E-state index < -0.39 is 0 Å². The highest BCUT2D eigenvalue weighted by atomic mass is 32.1. The fourth-order valence-electron chi connectivity index (χ4n) is 2.49. The molecule has 0 atom stereocenters. The van der Waals surface area contributed by atoms with Crippen LogP contribution in [0.25, 0.3) is 10.2 Å². The van der Waals surface area contributed by atoms with Crippen molar-refractivity contribution in [3.05, 3.63) is 53.5 Å². The molecule has 0 spiro atoms. The molecule has 3 aromatic rings. The Labute approximate surface area is 146 Å². The number of aromatic nitrogens is 1. The Kier molecular flexibility index (Phi) is 5.11. The quantitative estimate of drug-likeness (QED) is 0.727. The van der Waals surface area contributed by atoms with Crippen LogP contribution in [0.4, 0.5) is 11.4 Å². The number of hydrogen-bond acceptors (Lipinski definition) is 4. The van der Waals surface area contributed by atoms with Crippen LogP contribution in [0.5, 0.6) is 0 Å². The molecule has 0 bridgehead atoms. The first-order valence-corrected chi connectivity index (χ1v) is 8.85. The number of benzene rings is 2. The molecular weight excluding hydrogens is 318 g/mol. The first-order valence-electron chi connectivity index (χ1n) is 8.03. The van der Waals surface area contributed by atoms with E-state index in [0.717, 1.165) is 34.7 Å². The Morgan fingerprint density at radius 2 is 1.88 bits per heavy atom. The van der Waals surface area contributed by atoms with Crippen molar-refractivity contribution in [1.29, 1.82) is 0 Å². The minimum Gasteiger partial charge on any atom is -0.378 e. The Balaban J connectivity index is 1.48. The summed E-state index contributed by atoms with van der Waals surface area (Å²) in [6.07, 6.45) is 2.15. The summed E-state index contributed by atoms with van der Waals surface area (Å²) in [7, 11) is 3.99. The number of nitrogens with zero attached hydrogens (tertiary/aromatic N) is 2. The van der Waals surface area contributed by atoms with Crippen LogP contribution in [-0.4, -0.2) is 25.0 Å². The average molecular weight is 339 g/mol. The molecule has 1 amide bonds. The lowest BCUT2D eigenvalue weighted by Crippen LogP contribution is -2.12. The van der Waals surface area contributed by atoms with Gasteiger partial charge in [0.2, 0.25) is 5.91 Å². The molecule has 124 valence electrons. The molecule has 24 heavy (non-hydrogen) atoms. The molecule has 2 aromatic carbocycles. The fraction of sp³-hybridized carbons (Fsp3) is 0.263. The van der Waals surface area contributed by atoms with Gasteiger partial charge in [0.05, 0.1) is 15.2 Å². The summed E-state index contributed by atoms with van der Waals surface area (Å²) < 4.78 is 1.21. The summed E-state index contributed by atoms with van der Waals surface area (Å²) in [6.45, 7) is 0. The van der Waals surface area contributed by atoms with Crippen molar-refractivity contribution in [2.75, 3.05) is 24.3 Å². The second-order valence-electron chi connectivity index (χ2n) is 5.92. The van der Waals surface area contributed by atoms with Crippen LogP contribution < -0.4 is 10.2 Å². The van der Waals surface area contributed by atoms with Gasteiger partial charge in [-0.15, -0.1) is 11.3 Å². The molecule has 5 heteroatoms. The lowest BCUT2D eigenvalue weighted by molar-refractivity contribution is -0.116. The van der Waals surface area contributed by atoms with Gasteiger partial charge in [-0.25, -0.2) is 4.98 Å². The number of thiazole rings is 1. The number of amides is 1. The molecule has 1 N–H and O–H groups in total. The molecule has 1 aromatic heterocycles. The molecule has 3 rings (SSSR count). The van der Waals surface area contributed by atoms with Crippen LogP contribution in [-0.2, 0) is 11.2 Å². The monoisotopic (exact) mass is 339 g/mol. The van der Waals surface area contributed by atoms with E-state index in [1.165, 1.54) is 4.70 Å². The van der Waals surface area contributed by atoms with E-state index >= 15 is 0 Å². The molecule has 0 aliphatic rings. The molecule has 1 heterocycles. The largest absolute Gasteiger partial charge is 0.378 e. The van der Waals surface area contributed by atoms with Gasteiger partial charge in [-0.1, -0.05) is 12.1 Å². The van der Waals surface area contributed by atoms with Crippen LogP contribution in [0.15, 0.2) is 48.5 Å². The summed E-state index contributed by atoms with van der Waals surface area (Å²) in [4.78, 5) is 18.7. The zero-order valence-electron chi connectivity index (χ0n) is 14.0. The molecule has 0 aliphatic heterocycles. The van der Waals surface area contributed by atoms with Crippen molar-refractivity contribution in [3.63, 3.8) is 0 Å². The van der Waals surface area contributed by atoms with Crippen LogP contribution >= 0.6 is 11.3 Å². The van der Waals surface area contributed by atoms with Crippen LogP contribution in [0.3, 0.4) is 0 Å². The smallest absolute Gasteiger partial charge is 0.224 e. The van der Waals surface area contributed by atoms with Crippen LogP contribution in [0.2, 0.25) is 0 Å². The van der Waals surface area contributed by atoms with E-state index in [4.69, 9.17) is 0 Å². The van der Waals surface area contributed by atoms with Gasteiger partial charge in [-0.3, -0.25) is 4.79 Å². The van der Waals surface area contributed by atoms with E-state index in [-0.39, 0.29) is 5.91 Å². The fourth-order valence-corrected chi connectivity index (χ4v) is 3.50. The van der Waals surface area contributed by atoms with E-state index in [1.54, 1.807) is 11.3 Å². The van der Waals surface area contributed by atoms with Crippen molar-refractivity contribution in [3.8, 4) is 0 Å². The van der Waals surface area contributed by atoms with Gasteiger partial charge in [0, 0.05) is 31.9 Å². The topological polar surface area (TPSA) is 45.2 Å². The van der Waals surface area contributed by atoms with E-state index in [9.17, 15) is 4.79 Å². The first kappa shape index (κ1) is 16.5. The number of para-hydroxylation sites is 1. The summed E-state index contributed by atoms with van der Waals surface area (Å²) in [6, 6.07) is 16.0. The van der Waals surface area contributed by atoms with Crippen molar-refractivity contribution >= 4 is 38.8 Å². The Morgan fingerprint density at radius 1 is 1.12 bits per heavy atom. The number of hydrogen-bond donors (Lipinski definition) is 1. The molecule has 0 aliphatic carbocycles. The minimum atomic E-state index is 0.0497. The average Bonchev–Trinajstić information content (AvgIpc) is 2.98. The highest BCUT2D eigenvalue weighted by molar-refractivity contribution is 7.18. The third-order valence-corrected chi connectivity index (χ3v) is 4.90. The Hall–Kier alpha value is -2.40. The second-order valence-corrected chi connectivity index (χ2v) is 7.03. The number of anilines is 2. The minimum absolute atomic E-state index is 0.0497. The molecule has 0 saturated heterocycles. The molecular formula is C19H21N3OS. The highest BCUT2D eigenvalue weighted by Gasteiger charge is 2.06. The van der Waals surface area contributed by atoms with Crippen molar-refractivity contribution < 1.29 is 4.79 Å². The summed E-state index contributed by atoms with van der Waals surface area (Å²) in [5, 5.41) is 4.04. The summed E-state index contributed by atoms with van der Waals surface area (Å²) >= 11 is 1.71. The zero-order chi connectivity index (χ0) is 16.9. The van der Waals surface area contributed by atoms with Gasteiger partial charge in [0.1, 0.15) is 0 Å². The maximum Gasteiger partial charge on any atom is 0.224 e. The standard InChI is InChI=1S/C19H21N3OS/c1-22(2)15-12-10-14(11-13-15)20-18(23)8-5-9-19-21-16-6-3-4-7-17(16)24-19/h3-4,6-7,10-13H,5,8-9H2,1-2H3,(H,20,23). The lowest BCUT2D eigenvalue weighted by atomic mass is 10.2. The Bertz CT molecular complexity index is 791. The summed E-state index contributed by atoms with van der Waals surface area (Å²) in [5.41, 5.74) is 3.00. The number of carbonyl (C=O) groups excluding carboxylic acids is 1. The normalized spacial score (nSPS) is 10.8. The maximum absolute atomic E-state index is 12.1. The highest BCUT2D eigenvalue weighted by Crippen LogP contribution is 2.23. The number of fused-ring (bicyclic) bond motifs is 1. The molecule has 0 radical (unpaired) electrons.